The topological polar surface area (TPSA) is 29.9 Å². The van der Waals surface area contributed by atoms with Gasteiger partial charge in [0.15, 0.2) is 0 Å². The van der Waals surface area contributed by atoms with Crippen molar-refractivity contribution in [3.63, 3.8) is 0 Å². The quantitative estimate of drug-likeness (QED) is 0.916. The number of alkyl halides is 3. The smallest absolute Gasteiger partial charge is 0.356 e. The van der Waals surface area contributed by atoms with Crippen LogP contribution in [0, 0.1) is 0 Å². The normalized spacial score (nSPS) is 11.6. The zero-order valence-electron chi connectivity index (χ0n) is 10.0. The average molecular weight is 334 g/mol. The van der Waals surface area contributed by atoms with E-state index in [9.17, 15) is 13.2 Å². The van der Waals surface area contributed by atoms with E-state index in [0.29, 0.717) is 22.7 Å². The fourth-order valence-electron chi connectivity index (χ4n) is 1.68. The van der Waals surface area contributed by atoms with E-state index in [-0.39, 0.29) is 0 Å². The third kappa shape index (κ3) is 3.09. The molecule has 19 heavy (non-hydrogen) atoms. The van der Waals surface area contributed by atoms with Gasteiger partial charge in [0.25, 0.3) is 0 Å². The SMILES string of the molecule is CCNc1nccn1-c1cc(Br)cc(C(F)(F)F)c1. The monoisotopic (exact) mass is 333 g/mol. The number of aromatic nitrogens is 2. The highest BCUT2D eigenvalue weighted by molar-refractivity contribution is 9.10. The van der Waals surface area contributed by atoms with E-state index in [0.717, 1.165) is 12.1 Å². The lowest BCUT2D eigenvalue weighted by atomic mass is 10.2. The van der Waals surface area contributed by atoms with Crippen molar-refractivity contribution in [1.29, 1.82) is 0 Å². The Bertz CT molecular complexity index is 578. The van der Waals surface area contributed by atoms with E-state index >= 15 is 0 Å². The van der Waals surface area contributed by atoms with E-state index in [2.05, 4.69) is 26.2 Å². The second-order valence-corrected chi connectivity index (χ2v) is 4.76. The van der Waals surface area contributed by atoms with Crippen LogP contribution in [0.4, 0.5) is 19.1 Å². The maximum Gasteiger partial charge on any atom is 0.416 e. The number of nitrogens with zero attached hydrogens (tertiary/aromatic N) is 2. The van der Waals surface area contributed by atoms with Crippen molar-refractivity contribution in [3.05, 3.63) is 40.6 Å². The summed E-state index contributed by atoms with van der Waals surface area (Å²) in [5.41, 5.74) is -0.303. The minimum absolute atomic E-state index is 0.369. The molecule has 1 heterocycles. The predicted octanol–water partition coefficient (Wildman–Crippen LogP) is 4.09. The molecule has 0 bridgehead atoms. The minimum Gasteiger partial charge on any atom is -0.356 e. The highest BCUT2D eigenvalue weighted by atomic mass is 79.9. The van der Waals surface area contributed by atoms with Crippen LogP contribution < -0.4 is 5.32 Å². The lowest BCUT2D eigenvalue weighted by molar-refractivity contribution is -0.137. The average Bonchev–Trinajstić information content (AvgIpc) is 2.76. The summed E-state index contributed by atoms with van der Waals surface area (Å²) in [7, 11) is 0. The van der Waals surface area contributed by atoms with Gasteiger partial charge in [0.2, 0.25) is 5.95 Å². The van der Waals surface area contributed by atoms with Crippen molar-refractivity contribution in [1.82, 2.24) is 9.55 Å². The van der Waals surface area contributed by atoms with Gasteiger partial charge in [-0.15, -0.1) is 0 Å². The molecule has 7 heteroatoms. The molecule has 0 radical (unpaired) electrons. The molecule has 0 atom stereocenters. The van der Waals surface area contributed by atoms with Crippen molar-refractivity contribution in [2.24, 2.45) is 0 Å². The minimum atomic E-state index is -4.38. The van der Waals surface area contributed by atoms with Crippen molar-refractivity contribution < 1.29 is 13.2 Å². The van der Waals surface area contributed by atoms with Gasteiger partial charge in [-0.05, 0) is 25.1 Å². The van der Waals surface area contributed by atoms with Crippen LogP contribution in [0.25, 0.3) is 5.69 Å². The Labute approximate surface area is 116 Å². The summed E-state index contributed by atoms with van der Waals surface area (Å²) < 4.78 is 40.3. The van der Waals surface area contributed by atoms with Crippen LogP contribution in [0.15, 0.2) is 35.1 Å². The van der Waals surface area contributed by atoms with E-state index < -0.39 is 11.7 Å². The number of hydrogen-bond acceptors (Lipinski definition) is 2. The van der Waals surface area contributed by atoms with Gasteiger partial charge in [0.05, 0.1) is 11.3 Å². The van der Waals surface area contributed by atoms with Crippen molar-refractivity contribution >= 4 is 21.9 Å². The van der Waals surface area contributed by atoms with Crippen molar-refractivity contribution in [2.45, 2.75) is 13.1 Å². The van der Waals surface area contributed by atoms with Crippen LogP contribution in [-0.2, 0) is 6.18 Å². The van der Waals surface area contributed by atoms with Gasteiger partial charge in [-0.1, -0.05) is 15.9 Å². The van der Waals surface area contributed by atoms with E-state index in [1.807, 2.05) is 6.92 Å². The van der Waals surface area contributed by atoms with Gasteiger partial charge in [-0.2, -0.15) is 13.2 Å². The first-order chi connectivity index (χ1) is 8.91. The van der Waals surface area contributed by atoms with Crippen LogP contribution in [-0.4, -0.2) is 16.1 Å². The summed E-state index contributed by atoms with van der Waals surface area (Å²) in [6.07, 6.45) is -1.23. The van der Waals surface area contributed by atoms with Gasteiger partial charge in [0, 0.05) is 23.4 Å². The molecule has 0 saturated carbocycles. The number of hydrogen-bond donors (Lipinski definition) is 1. The zero-order chi connectivity index (χ0) is 14.0. The first-order valence-corrected chi connectivity index (χ1v) is 6.36. The molecule has 0 amide bonds. The van der Waals surface area contributed by atoms with Gasteiger partial charge in [-0.3, -0.25) is 4.57 Å². The summed E-state index contributed by atoms with van der Waals surface area (Å²) in [6.45, 7) is 2.53. The van der Waals surface area contributed by atoms with Gasteiger partial charge in [-0.25, -0.2) is 4.98 Å². The van der Waals surface area contributed by atoms with Crippen LogP contribution in [0.5, 0.6) is 0 Å². The molecule has 0 aliphatic rings. The second kappa shape index (κ2) is 5.24. The number of benzene rings is 1. The molecule has 0 unspecified atom stereocenters. The zero-order valence-corrected chi connectivity index (χ0v) is 11.6. The number of halogens is 4. The van der Waals surface area contributed by atoms with E-state index in [1.165, 1.54) is 6.20 Å². The summed E-state index contributed by atoms with van der Waals surface area (Å²) in [6, 6.07) is 3.75. The molecule has 0 spiro atoms. The van der Waals surface area contributed by atoms with Gasteiger partial charge >= 0.3 is 6.18 Å². The molecule has 0 saturated heterocycles. The maximum atomic E-state index is 12.8. The molecule has 1 aromatic carbocycles. The standard InChI is InChI=1S/C12H11BrF3N3/c1-2-17-11-18-3-4-19(11)10-6-8(12(14,15)16)5-9(13)7-10/h3-7H,2H2,1H3,(H,17,18). The third-order valence-corrected chi connectivity index (χ3v) is 2.92. The predicted molar refractivity (Wildman–Crippen MR) is 70.4 cm³/mol. The Morgan fingerprint density at radius 2 is 2.05 bits per heavy atom. The first kappa shape index (κ1) is 13.9. The Balaban J connectivity index is 2.50. The van der Waals surface area contributed by atoms with Crippen LogP contribution in [0.3, 0.4) is 0 Å². The molecule has 2 aromatic rings. The van der Waals surface area contributed by atoms with Crippen molar-refractivity contribution in [3.8, 4) is 5.69 Å². The van der Waals surface area contributed by atoms with E-state index in [1.54, 1.807) is 16.8 Å². The maximum absolute atomic E-state index is 12.8. The number of nitrogens with one attached hydrogen (secondary N) is 1. The van der Waals surface area contributed by atoms with E-state index in [4.69, 9.17) is 0 Å². The van der Waals surface area contributed by atoms with Crippen LogP contribution in [0.1, 0.15) is 12.5 Å². The lowest BCUT2D eigenvalue weighted by Crippen LogP contribution is -2.08. The van der Waals surface area contributed by atoms with Crippen LogP contribution >= 0.6 is 15.9 Å². The van der Waals surface area contributed by atoms with Crippen LogP contribution in [0.2, 0.25) is 0 Å². The summed E-state index contributed by atoms with van der Waals surface area (Å²) >= 11 is 3.10. The summed E-state index contributed by atoms with van der Waals surface area (Å²) in [5.74, 6) is 0.508. The highest BCUT2D eigenvalue weighted by Crippen LogP contribution is 2.33. The molecular weight excluding hydrogens is 323 g/mol. The fraction of sp³-hybridized carbons (Fsp3) is 0.250. The Kier molecular flexibility index (Phi) is 3.84. The fourth-order valence-corrected chi connectivity index (χ4v) is 2.16. The summed E-state index contributed by atoms with van der Waals surface area (Å²) in [4.78, 5) is 4.06. The molecule has 0 aliphatic carbocycles. The molecule has 0 aliphatic heterocycles. The first-order valence-electron chi connectivity index (χ1n) is 5.57. The van der Waals surface area contributed by atoms with Gasteiger partial charge in [0.1, 0.15) is 0 Å². The molecular formula is C12H11BrF3N3. The number of imidazole rings is 1. The number of anilines is 1. The molecule has 1 N–H and O–H groups in total. The van der Waals surface area contributed by atoms with Gasteiger partial charge < -0.3 is 5.32 Å². The molecule has 0 fully saturated rings. The van der Waals surface area contributed by atoms with Crippen molar-refractivity contribution in [2.75, 3.05) is 11.9 Å². The molecule has 3 nitrogen and oxygen atoms in total. The Morgan fingerprint density at radius 3 is 2.68 bits per heavy atom. The Hall–Kier alpha value is -1.50. The number of rotatable bonds is 3. The summed E-state index contributed by atoms with van der Waals surface area (Å²) in [5, 5.41) is 2.99. The molecule has 1 aromatic heterocycles. The Morgan fingerprint density at radius 1 is 1.32 bits per heavy atom. The molecule has 102 valence electrons. The highest BCUT2D eigenvalue weighted by Gasteiger charge is 2.31. The second-order valence-electron chi connectivity index (χ2n) is 3.85. The largest absolute Gasteiger partial charge is 0.416 e. The molecule has 2 rings (SSSR count). The lowest BCUT2D eigenvalue weighted by Gasteiger charge is -2.12. The third-order valence-electron chi connectivity index (χ3n) is 2.46.